The van der Waals surface area contributed by atoms with Crippen molar-refractivity contribution in [3.8, 4) is 5.75 Å². The molecule has 0 saturated carbocycles. The van der Waals surface area contributed by atoms with Crippen LogP contribution in [0.15, 0.2) is 24.3 Å². The van der Waals surface area contributed by atoms with E-state index in [9.17, 15) is 4.79 Å². The number of carbonyl (C=O) groups excluding carboxylic acids is 1. The Morgan fingerprint density at radius 3 is 2.59 bits per heavy atom. The summed E-state index contributed by atoms with van der Waals surface area (Å²) in [7, 11) is 0. The molecule has 1 aromatic carbocycles. The molecule has 0 spiro atoms. The van der Waals surface area contributed by atoms with Crippen molar-refractivity contribution >= 4 is 5.91 Å². The molecule has 5 heteroatoms. The number of hydrogen-bond acceptors (Lipinski definition) is 4. The maximum atomic E-state index is 10.8. The Hall–Kier alpha value is -1.59. The lowest BCUT2D eigenvalue weighted by Crippen LogP contribution is -2.29. The first-order valence-electron chi connectivity index (χ1n) is 5.58. The van der Waals surface area contributed by atoms with E-state index in [0.29, 0.717) is 13.0 Å². The first-order valence-corrected chi connectivity index (χ1v) is 5.58. The second-order valence-corrected chi connectivity index (χ2v) is 3.68. The molecule has 1 aromatic rings. The van der Waals surface area contributed by atoms with Crippen LogP contribution < -0.4 is 16.0 Å². The standard InChI is InChI=1S/C12H18N2O3/c13-14-12(16)3-1-2-8-17-11-6-4-10(9-15)5-7-11/h4-7,15H,1-3,8-9,13H2,(H,14,16). The van der Waals surface area contributed by atoms with Crippen molar-refractivity contribution in [2.45, 2.75) is 25.9 Å². The monoisotopic (exact) mass is 238 g/mol. The number of carbonyl (C=O) groups is 1. The highest BCUT2D eigenvalue weighted by Crippen LogP contribution is 2.12. The maximum absolute atomic E-state index is 10.8. The van der Waals surface area contributed by atoms with Crippen molar-refractivity contribution in [3.05, 3.63) is 29.8 Å². The molecule has 0 bridgehead atoms. The summed E-state index contributed by atoms with van der Waals surface area (Å²) in [4.78, 5) is 10.8. The number of unbranched alkanes of at least 4 members (excludes halogenated alkanes) is 1. The molecule has 1 amide bonds. The minimum atomic E-state index is -0.155. The second kappa shape index (κ2) is 7.65. The van der Waals surface area contributed by atoms with Gasteiger partial charge in [0, 0.05) is 6.42 Å². The van der Waals surface area contributed by atoms with E-state index >= 15 is 0 Å². The van der Waals surface area contributed by atoms with Gasteiger partial charge in [0.1, 0.15) is 5.75 Å². The van der Waals surface area contributed by atoms with Gasteiger partial charge in [0.05, 0.1) is 13.2 Å². The van der Waals surface area contributed by atoms with E-state index in [1.807, 2.05) is 24.3 Å². The number of aliphatic hydroxyl groups excluding tert-OH is 1. The van der Waals surface area contributed by atoms with Crippen molar-refractivity contribution in [2.24, 2.45) is 5.84 Å². The zero-order valence-corrected chi connectivity index (χ0v) is 9.69. The van der Waals surface area contributed by atoms with E-state index in [1.165, 1.54) is 0 Å². The van der Waals surface area contributed by atoms with Gasteiger partial charge in [-0.25, -0.2) is 5.84 Å². The molecule has 0 fully saturated rings. The Balaban J connectivity index is 2.15. The average molecular weight is 238 g/mol. The van der Waals surface area contributed by atoms with Crippen LogP contribution in [0, 0.1) is 0 Å². The zero-order chi connectivity index (χ0) is 12.5. The van der Waals surface area contributed by atoms with Crippen LogP contribution >= 0.6 is 0 Å². The summed E-state index contributed by atoms with van der Waals surface area (Å²) in [6.45, 7) is 0.602. The number of rotatable bonds is 7. The van der Waals surface area contributed by atoms with E-state index in [-0.39, 0.29) is 12.5 Å². The van der Waals surface area contributed by atoms with Crippen molar-refractivity contribution in [1.29, 1.82) is 0 Å². The predicted molar refractivity (Wildman–Crippen MR) is 64.0 cm³/mol. The Labute approximate surface area is 101 Å². The topological polar surface area (TPSA) is 84.6 Å². The number of benzene rings is 1. The third kappa shape index (κ3) is 5.33. The molecule has 94 valence electrons. The van der Waals surface area contributed by atoms with E-state index in [4.69, 9.17) is 15.7 Å². The van der Waals surface area contributed by atoms with Crippen LogP contribution in [0.25, 0.3) is 0 Å². The molecular weight excluding hydrogens is 220 g/mol. The highest BCUT2D eigenvalue weighted by atomic mass is 16.5. The fourth-order valence-electron chi connectivity index (χ4n) is 1.34. The lowest BCUT2D eigenvalue weighted by molar-refractivity contribution is -0.121. The molecule has 0 atom stereocenters. The Morgan fingerprint density at radius 2 is 2.00 bits per heavy atom. The third-order valence-corrected chi connectivity index (χ3v) is 2.33. The molecule has 0 saturated heterocycles. The zero-order valence-electron chi connectivity index (χ0n) is 9.69. The molecule has 17 heavy (non-hydrogen) atoms. The molecule has 0 heterocycles. The summed E-state index contributed by atoms with van der Waals surface area (Å²) in [5.41, 5.74) is 2.94. The molecule has 5 nitrogen and oxygen atoms in total. The van der Waals surface area contributed by atoms with Gasteiger partial charge < -0.3 is 9.84 Å². The summed E-state index contributed by atoms with van der Waals surface area (Å²) in [5.74, 6) is 5.57. The van der Waals surface area contributed by atoms with E-state index < -0.39 is 0 Å². The van der Waals surface area contributed by atoms with E-state index in [2.05, 4.69) is 5.43 Å². The molecular formula is C12H18N2O3. The van der Waals surface area contributed by atoms with Crippen molar-refractivity contribution in [1.82, 2.24) is 5.43 Å². The van der Waals surface area contributed by atoms with Gasteiger partial charge in [-0.15, -0.1) is 0 Å². The Bertz CT molecular complexity index is 338. The number of ether oxygens (including phenoxy) is 1. The number of hydrogen-bond donors (Lipinski definition) is 3. The molecule has 0 aliphatic heterocycles. The van der Waals surface area contributed by atoms with E-state index in [0.717, 1.165) is 24.2 Å². The third-order valence-electron chi connectivity index (χ3n) is 2.33. The Kier molecular flexibility index (Phi) is 6.06. The number of hydrazine groups is 1. The number of aliphatic hydroxyl groups is 1. The van der Waals surface area contributed by atoms with Gasteiger partial charge in [-0.05, 0) is 30.5 Å². The van der Waals surface area contributed by atoms with Crippen LogP contribution in [0.3, 0.4) is 0 Å². The summed E-state index contributed by atoms with van der Waals surface area (Å²) in [6, 6.07) is 7.27. The molecule has 1 rings (SSSR count). The van der Waals surface area contributed by atoms with E-state index in [1.54, 1.807) is 0 Å². The van der Waals surface area contributed by atoms with Crippen LogP contribution in [0.1, 0.15) is 24.8 Å². The highest BCUT2D eigenvalue weighted by molar-refractivity contribution is 5.75. The summed E-state index contributed by atoms with van der Waals surface area (Å²) in [5, 5.41) is 8.86. The van der Waals surface area contributed by atoms with Crippen LogP contribution in [0.4, 0.5) is 0 Å². The second-order valence-electron chi connectivity index (χ2n) is 3.68. The van der Waals surface area contributed by atoms with Crippen molar-refractivity contribution < 1.29 is 14.6 Å². The van der Waals surface area contributed by atoms with Gasteiger partial charge in [-0.2, -0.15) is 0 Å². The molecule has 4 N–H and O–H groups in total. The van der Waals surface area contributed by atoms with Crippen molar-refractivity contribution in [2.75, 3.05) is 6.61 Å². The SMILES string of the molecule is NNC(=O)CCCCOc1ccc(CO)cc1. The molecule has 0 radical (unpaired) electrons. The first-order chi connectivity index (χ1) is 8.26. The number of nitrogens with two attached hydrogens (primary N) is 1. The number of amides is 1. The summed E-state index contributed by atoms with van der Waals surface area (Å²) >= 11 is 0. The molecule has 0 unspecified atom stereocenters. The van der Waals surface area contributed by atoms with Gasteiger partial charge in [-0.3, -0.25) is 10.2 Å². The molecule has 0 aliphatic rings. The van der Waals surface area contributed by atoms with Crippen molar-refractivity contribution in [3.63, 3.8) is 0 Å². The van der Waals surface area contributed by atoms with Gasteiger partial charge in [0.15, 0.2) is 0 Å². The lowest BCUT2D eigenvalue weighted by atomic mass is 10.2. The smallest absolute Gasteiger partial charge is 0.233 e. The summed E-state index contributed by atoms with van der Waals surface area (Å²) < 4.78 is 5.48. The largest absolute Gasteiger partial charge is 0.494 e. The van der Waals surface area contributed by atoms with Gasteiger partial charge >= 0.3 is 0 Å². The normalized spacial score (nSPS) is 10.0. The van der Waals surface area contributed by atoms with Crippen LogP contribution in [-0.2, 0) is 11.4 Å². The summed E-state index contributed by atoms with van der Waals surface area (Å²) in [6.07, 6.45) is 1.97. The van der Waals surface area contributed by atoms with Gasteiger partial charge in [-0.1, -0.05) is 12.1 Å². The van der Waals surface area contributed by atoms with Crippen LogP contribution in [0.2, 0.25) is 0 Å². The van der Waals surface area contributed by atoms with Crippen LogP contribution in [-0.4, -0.2) is 17.6 Å². The van der Waals surface area contributed by atoms with Crippen LogP contribution in [0.5, 0.6) is 5.75 Å². The number of nitrogens with one attached hydrogen (secondary N) is 1. The minimum absolute atomic E-state index is 0.0362. The van der Waals surface area contributed by atoms with Gasteiger partial charge in [0.2, 0.25) is 5.91 Å². The molecule has 0 aromatic heterocycles. The average Bonchev–Trinajstić information content (AvgIpc) is 2.38. The lowest BCUT2D eigenvalue weighted by Gasteiger charge is -2.06. The molecule has 0 aliphatic carbocycles. The highest BCUT2D eigenvalue weighted by Gasteiger charge is 1.98. The quantitative estimate of drug-likeness (QED) is 0.283. The maximum Gasteiger partial charge on any atom is 0.233 e. The predicted octanol–water partition coefficient (Wildman–Crippen LogP) is 0.718. The Morgan fingerprint density at radius 1 is 1.29 bits per heavy atom. The fourth-order valence-corrected chi connectivity index (χ4v) is 1.34. The fraction of sp³-hybridized carbons (Fsp3) is 0.417. The van der Waals surface area contributed by atoms with Gasteiger partial charge in [0.25, 0.3) is 0 Å². The first kappa shape index (κ1) is 13.5. The minimum Gasteiger partial charge on any atom is -0.494 e.